The number of nitrogens with zero attached hydrogens (tertiary/aromatic N) is 3. The third-order valence-electron chi connectivity index (χ3n) is 6.52. The van der Waals surface area contributed by atoms with E-state index in [1.807, 2.05) is 24.3 Å². The molecule has 0 radical (unpaired) electrons. The topological polar surface area (TPSA) is 33.1 Å². The van der Waals surface area contributed by atoms with E-state index in [9.17, 15) is 4.39 Å². The second-order valence-electron chi connectivity index (χ2n) is 8.35. The minimum absolute atomic E-state index is 0.137. The molecule has 0 amide bonds. The molecule has 2 aromatic heterocycles. The molecule has 0 aliphatic carbocycles. The summed E-state index contributed by atoms with van der Waals surface area (Å²) < 4.78 is 16.0. The normalized spacial score (nSPS) is 17.9. The van der Waals surface area contributed by atoms with E-state index < -0.39 is 0 Å². The second kappa shape index (κ2) is 8.45. The van der Waals surface area contributed by atoms with Crippen molar-refractivity contribution in [2.24, 2.45) is 0 Å². The quantitative estimate of drug-likeness (QED) is 0.376. The maximum Gasteiger partial charge on any atom is 0.174 e. The summed E-state index contributed by atoms with van der Waals surface area (Å²) >= 11 is 5.82. The van der Waals surface area contributed by atoms with Crippen molar-refractivity contribution < 1.29 is 4.39 Å². The van der Waals surface area contributed by atoms with Crippen molar-refractivity contribution in [3.63, 3.8) is 0 Å². The second-order valence-corrected chi connectivity index (χ2v) is 8.74. The van der Waals surface area contributed by atoms with Crippen molar-refractivity contribution >= 4 is 23.0 Å². The fourth-order valence-electron chi connectivity index (χ4n) is 4.93. The Kier molecular flexibility index (Phi) is 5.46. The highest BCUT2D eigenvalue weighted by molar-refractivity contribution is 7.80. The molecule has 4 aromatic rings. The fourth-order valence-corrected chi connectivity index (χ4v) is 5.28. The average molecular weight is 457 g/mol. The molecule has 1 aliphatic rings. The SMILES string of the molecule is Cc1c([C@@H]2[C@H](c3ccccn3)NC(=S)N2c2ccc(F)cc2)c(C)n(-c2ccccc2)c1C. The van der Waals surface area contributed by atoms with Gasteiger partial charge >= 0.3 is 0 Å². The van der Waals surface area contributed by atoms with E-state index in [-0.39, 0.29) is 17.9 Å². The Bertz CT molecular complexity index is 1300. The van der Waals surface area contributed by atoms with Gasteiger partial charge in [0.15, 0.2) is 5.11 Å². The summed E-state index contributed by atoms with van der Waals surface area (Å²) in [6.45, 7) is 6.47. The number of hydrogen-bond acceptors (Lipinski definition) is 2. The van der Waals surface area contributed by atoms with Gasteiger partial charge in [-0.1, -0.05) is 24.3 Å². The van der Waals surface area contributed by atoms with Crippen LogP contribution in [0, 0.1) is 26.6 Å². The number of para-hydroxylation sites is 1. The third kappa shape index (κ3) is 3.60. The molecule has 0 saturated carbocycles. The predicted molar refractivity (Wildman–Crippen MR) is 134 cm³/mol. The maximum absolute atomic E-state index is 13.7. The molecule has 1 fully saturated rings. The van der Waals surface area contributed by atoms with E-state index in [0.29, 0.717) is 5.11 Å². The molecule has 1 N–H and O–H groups in total. The first kappa shape index (κ1) is 21.3. The van der Waals surface area contributed by atoms with E-state index in [2.05, 4.69) is 64.8 Å². The minimum atomic E-state index is -0.270. The van der Waals surface area contributed by atoms with Crippen LogP contribution in [0.2, 0.25) is 0 Å². The monoisotopic (exact) mass is 456 g/mol. The largest absolute Gasteiger partial charge is 0.351 e. The Morgan fingerprint density at radius 1 is 0.848 bits per heavy atom. The summed E-state index contributed by atoms with van der Waals surface area (Å²) in [6, 6.07) is 22.5. The van der Waals surface area contributed by atoms with Crippen molar-refractivity contribution in [2.45, 2.75) is 32.9 Å². The van der Waals surface area contributed by atoms with Crippen LogP contribution in [-0.2, 0) is 0 Å². The highest BCUT2D eigenvalue weighted by Crippen LogP contribution is 2.45. The van der Waals surface area contributed by atoms with E-state index in [1.54, 1.807) is 18.3 Å². The van der Waals surface area contributed by atoms with Crippen LogP contribution in [0.1, 0.15) is 40.3 Å². The fraction of sp³-hybridized carbons (Fsp3) is 0.185. The van der Waals surface area contributed by atoms with Gasteiger partial charge in [-0.15, -0.1) is 0 Å². The first-order valence-electron chi connectivity index (χ1n) is 11.0. The molecule has 166 valence electrons. The third-order valence-corrected chi connectivity index (χ3v) is 6.83. The standard InChI is InChI=1S/C27H25FN4S/c1-17-18(2)31(21-9-5-4-6-10-21)19(3)24(17)26-25(23-11-7-8-16-29-23)30-27(33)32(26)22-14-12-20(28)13-15-22/h4-16,25-26H,1-3H3,(H,30,33)/t25-,26+/m0/s1. The number of pyridine rings is 1. The zero-order valence-electron chi connectivity index (χ0n) is 18.8. The Hall–Kier alpha value is -3.51. The minimum Gasteiger partial charge on any atom is -0.351 e. The average Bonchev–Trinajstić information content (AvgIpc) is 3.28. The lowest BCUT2D eigenvalue weighted by Gasteiger charge is -2.29. The summed E-state index contributed by atoms with van der Waals surface area (Å²) in [4.78, 5) is 6.74. The van der Waals surface area contributed by atoms with Crippen LogP contribution in [0.4, 0.5) is 10.1 Å². The van der Waals surface area contributed by atoms with Crippen LogP contribution in [0.5, 0.6) is 0 Å². The first-order valence-corrected chi connectivity index (χ1v) is 11.4. The van der Waals surface area contributed by atoms with Crippen LogP contribution in [0.3, 0.4) is 0 Å². The lowest BCUT2D eigenvalue weighted by atomic mass is 9.93. The lowest BCUT2D eigenvalue weighted by Crippen LogP contribution is -2.29. The Morgan fingerprint density at radius 3 is 2.21 bits per heavy atom. The molecule has 6 heteroatoms. The van der Waals surface area contributed by atoms with Gasteiger partial charge in [0.25, 0.3) is 0 Å². The highest BCUT2D eigenvalue weighted by atomic mass is 32.1. The van der Waals surface area contributed by atoms with Gasteiger partial charge < -0.3 is 14.8 Å². The highest BCUT2D eigenvalue weighted by Gasteiger charge is 2.43. The Labute approximate surface area is 198 Å². The number of halogens is 1. The first-order chi connectivity index (χ1) is 16.0. The van der Waals surface area contributed by atoms with E-state index in [0.717, 1.165) is 22.8 Å². The van der Waals surface area contributed by atoms with E-state index >= 15 is 0 Å². The van der Waals surface area contributed by atoms with Crippen molar-refractivity contribution in [1.82, 2.24) is 14.9 Å². The number of nitrogens with one attached hydrogen (secondary N) is 1. The van der Waals surface area contributed by atoms with Crippen molar-refractivity contribution in [2.75, 3.05) is 4.90 Å². The Balaban J connectivity index is 1.72. The smallest absolute Gasteiger partial charge is 0.174 e. The van der Waals surface area contributed by atoms with Crippen LogP contribution < -0.4 is 10.2 Å². The van der Waals surface area contributed by atoms with Gasteiger partial charge in [0.2, 0.25) is 0 Å². The van der Waals surface area contributed by atoms with Crippen LogP contribution in [-0.4, -0.2) is 14.7 Å². The number of aromatic nitrogens is 2. The van der Waals surface area contributed by atoms with Gasteiger partial charge in [0.1, 0.15) is 5.82 Å². The number of hydrogen-bond donors (Lipinski definition) is 1. The summed E-state index contributed by atoms with van der Waals surface area (Å²) in [5, 5.41) is 4.10. The van der Waals surface area contributed by atoms with E-state index in [4.69, 9.17) is 12.2 Å². The summed E-state index contributed by atoms with van der Waals surface area (Å²) in [5.41, 5.74) is 7.63. The molecule has 4 nitrogen and oxygen atoms in total. The number of benzene rings is 2. The molecule has 2 atom stereocenters. The molecule has 2 aromatic carbocycles. The molecule has 1 aliphatic heterocycles. The summed E-state index contributed by atoms with van der Waals surface area (Å²) in [6.07, 6.45) is 1.80. The molecular formula is C27H25FN4S. The van der Waals surface area contributed by atoms with Gasteiger partial charge in [0, 0.05) is 34.5 Å². The molecule has 5 rings (SSSR count). The van der Waals surface area contributed by atoms with Crippen LogP contribution >= 0.6 is 12.2 Å². The van der Waals surface area contributed by atoms with Crippen molar-refractivity contribution in [3.05, 3.63) is 113 Å². The van der Waals surface area contributed by atoms with Crippen LogP contribution in [0.15, 0.2) is 79.0 Å². The predicted octanol–water partition coefficient (Wildman–Crippen LogP) is 6.11. The van der Waals surface area contributed by atoms with Crippen LogP contribution in [0.25, 0.3) is 5.69 Å². The zero-order chi connectivity index (χ0) is 23.1. The summed E-state index contributed by atoms with van der Waals surface area (Å²) in [5.74, 6) is -0.270. The van der Waals surface area contributed by atoms with E-state index in [1.165, 1.54) is 29.0 Å². The van der Waals surface area contributed by atoms with Gasteiger partial charge in [0.05, 0.1) is 17.8 Å². The van der Waals surface area contributed by atoms with Gasteiger partial charge in [-0.2, -0.15) is 0 Å². The number of rotatable bonds is 4. The molecule has 0 bridgehead atoms. The molecule has 33 heavy (non-hydrogen) atoms. The van der Waals surface area contributed by atoms with Gasteiger partial charge in [-0.05, 0) is 87.1 Å². The van der Waals surface area contributed by atoms with Crippen molar-refractivity contribution in [3.8, 4) is 5.69 Å². The number of anilines is 1. The molecule has 0 spiro atoms. The lowest BCUT2D eigenvalue weighted by molar-refractivity contribution is 0.563. The maximum atomic E-state index is 13.7. The zero-order valence-corrected chi connectivity index (χ0v) is 19.6. The molecule has 3 heterocycles. The molecule has 0 unspecified atom stereocenters. The van der Waals surface area contributed by atoms with Gasteiger partial charge in [-0.3, -0.25) is 4.98 Å². The Morgan fingerprint density at radius 2 is 1.55 bits per heavy atom. The molecular weight excluding hydrogens is 431 g/mol. The summed E-state index contributed by atoms with van der Waals surface area (Å²) in [7, 11) is 0. The van der Waals surface area contributed by atoms with Crippen molar-refractivity contribution in [1.29, 1.82) is 0 Å². The number of thiocarbonyl (C=S) groups is 1. The van der Waals surface area contributed by atoms with Gasteiger partial charge in [-0.25, -0.2) is 4.39 Å². The molecule has 1 saturated heterocycles.